The number of fused-ring (bicyclic) bond motifs is 1. The minimum atomic E-state index is -0.467. The van der Waals surface area contributed by atoms with Crippen LogP contribution in [-0.4, -0.2) is 27.8 Å². The second-order valence-electron chi connectivity index (χ2n) is 7.54. The summed E-state index contributed by atoms with van der Waals surface area (Å²) in [7, 11) is 1.42. The smallest absolute Gasteiger partial charge is 0.252 e. The summed E-state index contributed by atoms with van der Waals surface area (Å²) in [5, 5.41) is 10.1. The minimum absolute atomic E-state index is 0.0979. The molecular formula is C23H23FN4O2S. The zero-order chi connectivity index (χ0) is 22.1. The molecule has 0 aliphatic carbocycles. The maximum atomic E-state index is 14.1. The summed E-state index contributed by atoms with van der Waals surface area (Å²) >= 11 is 1.56. The number of thiophene rings is 1. The monoisotopic (exact) mass is 438 g/mol. The first-order chi connectivity index (χ1) is 14.9. The number of rotatable bonds is 6. The van der Waals surface area contributed by atoms with E-state index >= 15 is 0 Å². The maximum Gasteiger partial charge on any atom is 0.252 e. The van der Waals surface area contributed by atoms with Crippen LogP contribution in [0.2, 0.25) is 0 Å². The van der Waals surface area contributed by atoms with Crippen molar-refractivity contribution >= 4 is 28.3 Å². The molecule has 0 aliphatic rings. The number of halogens is 1. The number of carbonyl (C=O) groups is 1. The van der Waals surface area contributed by atoms with Crippen LogP contribution in [0.5, 0.6) is 5.75 Å². The standard InChI is InChI=1S/C23H23FN4O2S/c1-13(2)28-22-17(12-25-28)16(11-19(27-22)21-6-5-9-31-21)23(29)26-14(3)15-7-8-20(30-4)18(24)10-15/h5-14H,1-4H3,(H,26,29). The molecule has 4 rings (SSSR count). The molecule has 1 unspecified atom stereocenters. The Hall–Kier alpha value is -3.26. The third-order valence-electron chi connectivity index (χ3n) is 5.10. The molecule has 1 aromatic carbocycles. The Morgan fingerprint density at radius 2 is 2.03 bits per heavy atom. The number of amides is 1. The molecule has 1 atom stereocenters. The summed E-state index contributed by atoms with van der Waals surface area (Å²) < 4.78 is 20.9. The molecule has 0 spiro atoms. The number of carbonyl (C=O) groups excluding carboxylic acids is 1. The average molecular weight is 439 g/mol. The zero-order valence-electron chi connectivity index (χ0n) is 17.7. The first-order valence-corrected chi connectivity index (χ1v) is 10.8. The Balaban J connectivity index is 1.72. The highest BCUT2D eigenvalue weighted by Gasteiger charge is 2.21. The maximum absolute atomic E-state index is 14.1. The molecular weight excluding hydrogens is 415 g/mol. The highest BCUT2D eigenvalue weighted by atomic mass is 32.1. The van der Waals surface area contributed by atoms with Gasteiger partial charge in [-0.3, -0.25) is 4.79 Å². The number of hydrogen-bond acceptors (Lipinski definition) is 5. The summed E-state index contributed by atoms with van der Waals surface area (Å²) in [6, 6.07) is 10.1. The predicted octanol–water partition coefficient (Wildman–Crippen LogP) is 5.38. The molecule has 8 heteroatoms. The summed E-state index contributed by atoms with van der Waals surface area (Å²) in [4.78, 5) is 19.0. The van der Waals surface area contributed by atoms with Gasteiger partial charge < -0.3 is 10.1 Å². The zero-order valence-corrected chi connectivity index (χ0v) is 18.5. The molecule has 31 heavy (non-hydrogen) atoms. The lowest BCUT2D eigenvalue weighted by Gasteiger charge is -2.16. The van der Waals surface area contributed by atoms with E-state index in [0.29, 0.717) is 22.2 Å². The molecule has 1 amide bonds. The van der Waals surface area contributed by atoms with Gasteiger partial charge in [0.2, 0.25) is 0 Å². The molecule has 4 aromatic rings. The van der Waals surface area contributed by atoms with Gasteiger partial charge in [-0.1, -0.05) is 12.1 Å². The third-order valence-corrected chi connectivity index (χ3v) is 5.99. The van der Waals surface area contributed by atoms with Crippen molar-refractivity contribution in [3.8, 4) is 16.3 Å². The molecule has 0 aliphatic heterocycles. The van der Waals surface area contributed by atoms with Gasteiger partial charge in [-0.05, 0) is 56.0 Å². The Morgan fingerprint density at radius 3 is 2.68 bits per heavy atom. The van der Waals surface area contributed by atoms with E-state index in [0.717, 1.165) is 10.6 Å². The van der Waals surface area contributed by atoms with E-state index in [1.54, 1.807) is 35.7 Å². The molecule has 6 nitrogen and oxygen atoms in total. The number of aromatic nitrogens is 3. The van der Waals surface area contributed by atoms with Crippen molar-refractivity contribution in [3.63, 3.8) is 0 Å². The quantitative estimate of drug-likeness (QED) is 0.439. The van der Waals surface area contributed by atoms with Crippen LogP contribution in [0.4, 0.5) is 4.39 Å². The van der Waals surface area contributed by atoms with Crippen LogP contribution in [0, 0.1) is 5.82 Å². The summed E-state index contributed by atoms with van der Waals surface area (Å²) in [6.45, 7) is 5.85. The number of pyridine rings is 1. The van der Waals surface area contributed by atoms with E-state index in [2.05, 4.69) is 10.4 Å². The Morgan fingerprint density at radius 1 is 1.23 bits per heavy atom. The van der Waals surface area contributed by atoms with E-state index in [-0.39, 0.29) is 17.7 Å². The van der Waals surface area contributed by atoms with Gasteiger partial charge >= 0.3 is 0 Å². The van der Waals surface area contributed by atoms with Crippen molar-refractivity contribution < 1.29 is 13.9 Å². The van der Waals surface area contributed by atoms with E-state index in [1.807, 2.05) is 43.0 Å². The van der Waals surface area contributed by atoms with Gasteiger partial charge in [0.1, 0.15) is 0 Å². The number of nitrogens with zero attached hydrogens (tertiary/aromatic N) is 3. The number of benzene rings is 1. The van der Waals surface area contributed by atoms with Crippen molar-refractivity contribution in [1.82, 2.24) is 20.1 Å². The van der Waals surface area contributed by atoms with Gasteiger partial charge in [0.15, 0.2) is 17.2 Å². The predicted molar refractivity (Wildman–Crippen MR) is 120 cm³/mol. The molecule has 0 saturated heterocycles. The van der Waals surface area contributed by atoms with E-state index in [4.69, 9.17) is 9.72 Å². The number of hydrogen-bond donors (Lipinski definition) is 1. The minimum Gasteiger partial charge on any atom is -0.494 e. The average Bonchev–Trinajstić information content (AvgIpc) is 3.42. The van der Waals surface area contributed by atoms with Crippen molar-refractivity contribution in [2.75, 3.05) is 7.11 Å². The molecule has 1 N–H and O–H groups in total. The molecule has 0 fully saturated rings. The van der Waals surface area contributed by atoms with Crippen LogP contribution in [0.25, 0.3) is 21.6 Å². The molecule has 3 heterocycles. The van der Waals surface area contributed by atoms with Crippen LogP contribution in [0.3, 0.4) is 0 Å². The van der Waals surface area contributed by atoms with Crippen molar-refractivity contribution in [1.29, 1.82) is 0 Å². The molecule has 0 radical (unpaired) electrons. The molecule has 0 bridgehead atoms. The second kappa shape index (κ2) is 8.47. The van der Waals surface area contributed by atoms with Gasteiger partial charge in [0, 0.05) is 6.04 Å². The lowest BCUT2D eigenvalue weighted by Crippen LogP contribution is -2.27. The summed E-state index contributed by atoms with van der Waals surface area (Å²) in [6.07, 6.45) is 1.67. The van der Waals surface area contributed by atoms with Crippen LogP contribution in [0.15, 0.2) is 48.0 Å². The van der Waals surface area contributed by atoms with Crippen molar-refractivity contribution in [3.05, 3.63) is 64.9 Å². The normalized spacial score (nSPS) is 12.3. The number of methoxy groups -OCH3 is 1. The van der Waals surface area contributed by atoms with Gasteiger partial charge in [0.05, 0.1) is 40.9 Å². The van der Waals surface area contributed by atoms with E-state index < -0.39 is 11.9 Å². The highest BCUT2D eigenvalue weighted by Crippen LogP contribution is 2.29. The van der Waals surface area contributed by atoms with Crippen LogP contribution >= 0.6 is 11.3 Å². The van der Waals surface area contributed by atoms with E-state index in [1.165, 1.54) is 13.2 Å². The van der Waals surface area contributed by atoms with Crippen molar-refractivity contribution in [2.24, 2.45) is 0 Å². The Labute approximate surface area is 183 Å². The van der Waals surface area contributed by atoms with Crippen LogP contribution < -0.4 is 10.1 Å². The largest absolute Gasteiger partial charge is 0.494 e. The van der Waals surface area contributed by atoms with Crippen molar-refractivity contribution in [2.45, 2.75) is 32.9 Å². The molecule has 160 valence electrons. The number of nitrogens with one attached hydrogen (secondary N) is 1. The first kappa shape index (κ1) is 21.0. The van der Waals surface area contributed by atoms with Gasteiger partial charge in [-0.2, -0.15) is 5.10 Å². The van der Waals surface area contributed by atoms with E-state index in [9.17, 15) is 9.18 Å². The Bertz CT molecular complexity index is 1230. The van der Waals surface area contributed by atoms with Crippen LogP contribution in [0.1, 0.15) is 48.8 Å². The number of ether oxygens (including phenoxy) is 1. The van der Waals surface area contributed by atoms with Gasteiger partial charge in [-0.15, -0.1) is 11.3 Å². The fourth-order valence-electron chi connectivity index (χ4n) is 3.44. The lowest BCUT2D eigenvalue weighted by atomic mass is 10.1. The second-order valence-corrected chi connectivity index (χ2v) is 8.49. The summed E-state index contributed by atoms with van der Waals surface area (Å²) in [5.41, 5.74) is 2.52. The SMILES string of the molecule is COc1ccc(C(C)NC(=O)c2cc(-c3cccs3)nc3c2cnn3C(C)C)cc1F. The fraction of sp³-hybridized carbons (Fsp3) is 0.261. The first-order valence-electron chi connectivity index (χ1n) is 9.95. The molecule has 0 saturated carbocycles. The summed E-state index contributed by atoms with van der Waals surface area (Å²) in [5.74, 6) is -0.567. The lowest BCUT2D eigenvalue weighted by molar-refractivity contribution is 0.0941. The Kier molecular flexibility index (Phi) is 5.73. The highest BCUT2D eigenvalue weighted by molar-refractivity contribution is 7.13. The topological polar surface area (TPSA) is 69.0 Å². The third kappa shape index (κ3) is 4.03. The molecule has 3 aromatic heterocycles. The van der Waals surface area contributed by atoms with Crippen LogP contribution in [-0.2, 0) is 0 Å². The van der Waals surface area contributed by atoms with Gasteiger partial charge in [0.25, 0.3) is 5.91 Å². The van der Waals surface area contributed by atoms with Gasteiger partial charge in [-0.25, -0.2) is 14.1 Å². The fourth-order valence-corrected chi connectivity index (χ4v) is 4.13.